The van der Waals surface area contributed by atoms with Gasteiger partial charge in [-0.1, -0.05) is 0 Å². The van der Waals surface area contributed by atoms with Gasteiger partial charge in [0.15, 0.2) is 5.96 Å². The van der Waals surface area contributed by atoms with Gasteiger partial charge in [-0.25, -0.2) is 4.99 Å². The second-order valence-corrected chi connectivity index (χ2v) is 4.96. The van der Waals surface area contributed by atoms with Crippen LogP contribution in [0.25, 0.3) is 0 Å². The highest BCUT2D eigenvalue weighted by molar-refractivity contribution is 5.94. The molecule has 1 fully saturated rings. The van der Waals surface area contributed by atoms with E-state index in [2.05, 4.69) is 20.5 Å². The predicted octanol–water partition coefficient (Wildman–Crippen LogP) is 1.39. The molecule has 6 nitrogen and oxygen atoms in total. The summed E-state index contributed by atoms with van der Waals surface area (Å²) in [6, 6.07) is 6.38. The average Bonchev–Trinajstić information content (AvgIpc) is 3.00. The number of anilines is 1. The lowest BCUT2D eigenvalue weighted by Gasteiger charge is -2.20. The van der Waals surface area contributed by atoms with Gasteiger partial charge in [0.1, 0.15) is 12.3 Å². The number of likely N-dealkylation sites (tertiary alicyclic amines) is 1. The van der Waals surface area contributed by atoms with Gasteiger partial charge in [0.05, 0.1) is 0 Å². The second-order valence-electron chi connectivity index (χ2n) is 4.96. The van der Waals surface area contributed by atoms with Crippen LogP contribution < -0.4 is 10.6 Å². The van der Waals surface area contributed by atoms with Gasteiger partial charge in [0.25, 0.3) is 0 Å². The number of phenolic OH excluding ortho intramolecular Hbond substituents is 1. The fourth-order valence-electron chi connectivity index (χ4n) is 2.25. The van der Waals surface area contributed by atoms with Crippen molar-refractivity contribution in [3.05, 3.63) is 24.3 Å². The van der Waals surface area contributed by atoms with Crippen LogP contribution >= 0.6 is 0 Å². The number of rotatable bonds is 4. The van der Waals surface area contributed by atoms with Gasteiger partial charge in [0.2, 0.25) is 5.91 Å². The zero-order valence-electron chi connectivity index (χ0n) is 12.3. The molecule has 0 unspecified atom stereocenters. The topological polar surface area (TPSA) is 77.0 Å². The van der Waals surface area contributed by atoms with Gasteiger partial charge in [-0.2, -0.15) is 0 Å². The largest absolute Gasteiger partial charge is 0.508 e. The van der Waals surface area contributed by atoms with E-state index in [4.69, 9.17) is 0 Å². The van der Waals surface area contributed by atoms with Crippen molar-refractivity contribution in [3.63, 3.8) is 0 Å². The lowest BCUT2D eigenvalue weighted by molar-refractivity contribution is -0.114. The van der Waals surface area contributed by atoms with Gasteiger partial charge in [0, 0.05) is 25.3 Å². The summed E-state index contributed by atoms with van der Waals surface area (Å²) in [6.45, 7) is 4.87. The second kappa shape index (κ2) is 7.52. The van der Waals surface area contributed by atoms with Gasteiger partial charge in [-0.3, -0.25) is 4.79 Å². The maximum atomic E-state index is 11.9. The Morgan fingerprint density at radius 2 is 1.95 bits per heavy atom. The first-order chi connectivity index (χ1) is 10.2. The lowest BCUT2D eigenvalue weighted by atomic mass is 10.3. The van der Waals surface area contributed by atoms with E-state index < -0.39 is 0 Å². The SMILES string of the molecule is CCNC(=NCC(=O)Nc1ccc(O)cc1)N1CCCC1. The summed E-state index contributed by atoms with van der Waals surface area (Å²) in [5, 5.41) is 15.2. The van der Waals surface area contributed by atoms with Crippen LogP contribution in [0.3, 0.4) is 0 Å². The highest BCUT2D eigenvalue weighted by atomic mass is 16.3. The van der Waals surface area contributed by atoms with Gasteiger partial charge < -0.3 is 20.6 Å². The van der Waals surface area contributed by atoms with Crippen LogP contribution in [0.15, 0.2) is 29.3 Å². The standard InChI is InChI=1S/C15H22N4O2/c1-2-16-15(19-9-3-4-10-19)17-11-14(21)18-12-5-7-13(20)8-6-12/h5-8,20H,2-4,9-11H2,1H3,(H,16,17)(H,18,21). The summed E-state index contributed by atoms with van der Waals surface area (Å²) in [6.07, 6.45) is 2.34. The van der Waals surface area contributed by atoms with Crippen molar-refractivity contribution in [1.29, 1.82) is 0 Å². The number of nitrogens with zero attached hydrogens (tertiary/aromatic N) is 2. The molecule has 0 bridgehead atoms. The quantitative estimate of drug-likeness (QED) is 0.445. The Bertz CT molecular complexity index is 493. The monoisotopic (exact) mass is 290 g/mol. The van der Waals surface area contributed by atoms with Gasteiger partial charge in [-0.05, 0) is 44.0 Å². The van der Waals surface area contributed by atoms with Crippen LogP contribution in [0.1, 0.15) is 19.8 Å². The first-order valence-electron chi connectivity index (χ1n) is 7.31. The molecule has 0 saturated carbocycles. The molecule has 2 rings (SSSR count). The molecule has 1 saturated heterocycles. The summed E-state index contributed by atoms with van der Waals surface area (Å²) in [4.78, 5) is 18.5. The smallest absolute Gasteiger partial charge is 0.246 e. The van der Waals surface area contributed by atoms with Crippen LogP contribution in [0.2, 0.25) is 0 Å². The first-order valence-corrected chi connectivity index (χ1v) is 7.31. The minimum Gasteiger partial charge on any atom is -0.508 e. The molecular weight excluding hydrogens is 268 g/mol. The van der Waals surface area contributed by atoms with Crippen molar-refractivity contribution < 1.29 is 9.90 Å². The van der Waals surface area contributed by atoms with Crippen LogP contribution in [-0.2, 0) is 4.79 Å². The lowest BCUT2D eigenvalue weighted by Crippen LogP contribution is -2.40. The Balaban J connectivity index is 1.90. The normalized spacial score (nSPS) is 15.1. The van der Waals surface area contributed by atoms with E-state index in [1.807, 2.05) is 6.92 Å². The number of phenols is 1. The summed E-state index contributed by atoms with van der Waals surface area (Å²) in [7, 11) is 0. The number of nitrogens with one attached hydrogen (secondary N) is 2. The van der Waals surface area contributed by atoms with E-state index in [0.29, 0.717) is 5.69 Å². The molecule has 1 aliphatic rings. The molecule has 0 spiro atoms. The van der Waals surface area contributed by atoms with Crippen molar-refractivity contribution >= 4 is 17.6 Å². The number of hydrogen-bond acceptors (Lipinski definition) is 3. The van der Waals surface area contributed by atoms with Crippen molar-refractivity contribution in [2.45, 2.75) is 19.8 Å². The molecule has 1 aromatic carbocycles. The molecule has 1 aromatic rings. The molecule has 1 amide bonds. The zero-order valence-corrected chi connectivity index (χ0v) is 12.3. The molecule has 114 valence electrons. The fraction of sp³-hybridized carbons (Fsp3) is 0.467. The number of hydrogen-bond donors (Lipinski definition) is 3. The number of carbonyl (C=O) groups excluding carboxylic acids is 1. The first kappa shape index (κ1) is 15.2. The molecule has 1 heterocycles. The number of guanidine groups is 1. The van der Waals surface area contributed by atoms with Gasteiger partial charge in [-0.15, -0.1) is 0 Å². The van der Waals surface area contributed by atoms with E-state index in [1.165, 1.54) is 25.0 Å². The van der Waals surface area contributed by atoms with Crippen LogP contribution in [0.4, 0.5) is 5.69 Å². The van der Waals surface area contributed by atoms with E-state index in [1.54, 1.807) is 12.1 Å². The van der Waals surface area contributed by atoms with E-state index in [-0.39, 0.29) is 18.2 Å². The number of aromatic hydroxyl groups is 1. The molecule has 0 radical (unpaired) electrons. The number of amides is 1. The number of benzene rings is 1. The number of carbonyl (C=O) groups is 1. The minimum absolute atomic E-state index is 0.0830. The predicted molar refractivity (Wildman–Crippen MR) is 83.5 cm³/mol. The third-order valence-corrected chi connectivity index (χ3v) is 3.26. The maximum absolute atomic E-state index is 11.9. The third-order valence-electron chi connectivity index (χ3n) is 3.26. The van der Waals surface area contributed by atoms with Gasteiger partial charge >= 0.3 is 0 Å². The fourth-order valence-corrected chi connectivity index (χ4v) is 2.25. The highest BCUT2D eigenvalue weighted by Crippen LogP contribution is 2.13. The summed E-state index contributed by atoms with van der Waals surface area (Å²) in [5.74, 6) is 0.806. The maximum Gasteiger partial charge on any atom is 0.246 e. The summed E-state index contributed by atoms with van der Waals surface area (Å²) >= 11 is 0. The molecule has 0 aliphatic carbocycles. The number of aliphatic imine (C=N–C) groups is 1. The molecule has 0 atom stereocenters. The van der Waals surface area contributed by atoms with E-state index >= 15 is 0 Å². The molecule has 21 heavy (non-hydrogen) atoms. The Morgan fingerprint density at radius 3 is 2.57 bits per heavy atom. The average molecular weight is 290 g/mol. The van der Waals surface area contributed by atoms with E-state index in [9.17, 15) is 9.90 Å². The van der Waals surface area contributed by atoms with Crippen LogP contribution in [0, 0.1) is 0 Å². The molecule has 1 aliphatic heterocycles. The minimum atomic E-state index is -0.171. The molecule has 3 N–H and O–H groups in total. The van der Waals surface area contributed by atoms with E-state index in [0.717, 1.165) is 25.6 Å². The van der Waals surface area contributed by atoms with Crippen molar-refractivity contribution in [1.82, 2.24) is 10.2 Å². The molecular formula is C15H22N4O2. The van der Waals surface area contributed by atoms with Crippen molar-refractivity contribution in [2.24, 2.45) is 4.99 Å². The molecule has 0 aromatic heterocycles. The highest BCUT2D eigenvalue weighted by Gasteiger charge is 2.15. The Labute approximate surface area is 124 Å². The van der Waals surface area contributed by atoms with Crippen LogP contribution in [-0.4, -0.2) is 48.1 Å². The summed E-state index contributed by atoms with van der Waals surface area (Å²) in [5.41, 5.74) is 0.652. The van der Waals surface area contributed by atoms with Crippen LogP contribution in [0.5, 0.6) is 5.75 Å². The molecule has 6 heteroatoms. The van der Waals surface area contributed by atoms with Crippen molar-refractivity contribution in [2.75, 3.05) is 31.5 Å². The third kappa shape index (κ3) is 4.66. The summed E-state index contributed by atoms with van der Waals surface area (Å²) < 4.78 is 0. The Morgan fingerprint density at radius 1 is 1.29 bits per heavy atom. The zero-order chi connectivity index (χ0) is 15.1. The Kier molecular flexibility index (Phi) is 5.43. The Hall–Kier alpha value is -2.24. The van der Waals surface area contributed by atoms with Crippen molar-refractivity contribution in [3.8, 4) is 5.75 Å².